The van der Waals surface area contributed by atoms with Gasteiger partial charge in [0.25, 0.3) is 0 Å². The Morgan fingerprint density at radius 1 is 1.26 bits per heavy atom. The van der Waals surface area contributed by atoms with Gasteiger partial charge in [-0.3, -0.25) is 4.79 Å². The number of carbonyl (C=O) groups excluding carboxylic acids is 1. The molecule has 1 aromatic heterocycles. The highest BCUT2D eigenvalue weighted by atomic mass is 35.5. The summed E-state index contributed by atoms with van der Waals surface area (Å²) in [6.07, 6.45) is 0. The molecule has 0 fully saturated rings. The van der Waals surface area contributed by atoms with Crippen LogP contribution in [-0.2, 0) is 4.79 Å². The van der Waals surface area contributed by atoms with Crippen molar-refractivity contribution in [2.24, 2.45) is 0 Å². The molecule has 0 atom stereocenters. The van der Waals surface area contributed by atoms with E-state index in [2.05, 4.69) is 36.3 Å². The van der Waals surface area contributed by atoms with Crippen LogP contribution >= 0.6 is 23.4 Å². The average Bonchev–Trinajstić information content (AvgIpc) is 2.66. The first-order valence-electron chi connectivity index (χ1n) is 8.50. The number of nitrogens with zero attached hydrogens (tertiary/aromatic N) is 2. The van der Waals surface area contributed by atoms with E-state index in [0.717, 1.165) is 10.9 Å². The van der Waals surface area contributed by atoms with E-state index >= 15 is 0 Å². The van der Waals surface area contributed by atoms with Crippen molar-refractivity contribution in [2.75, 3.05) is 11.1 Å². The maximum Gasteiger partial charge on any atom is 0.234 e. The van der Waals surface area contributed by atoms with Gasteiger partial charge >= 0.3 is 0 Å². The molecule has 0 radical (unpaired) electrons. The molecule has 2 aromatic carbocycles. The van der Waals surface area contributed by atoms with Crippen molar-refractivity contribution in [3.05, 3.63) is 64.7 Å². The van der Waals surface area contributed by atoms with Crippen LogP contribution < -0.4 is 5.32 Å². The van der Waals surface area contributed by atoms with Crippen molar-refractivity contribution in [2.45, 2.75) is 24.8 Å². The number of hydrogen-bond donors (Lipinski definition) is 1. The van der Waals surface area contributed by atoms with Crippen LogP contribution in [0.15, 0.2) is 53.6 Å². The van der Waals surface area contributed by atoms with E-state index in [0.29, 0.717) is 27.2 Å². The summed E-state index contributed by atoms with van der Waals surface area (Å²) >= 11 is 7.30. The van der Waals surface area contributed by atoms with Gasteiger partial charge in [-0.25, -0.2) is 4.98 Å². The van der Waals surface area contributed by atoms with Crippen molar-refractivity contribution in [1.29, 1.82) is 5.26 Å². The maximum absolute atomic E-state index is 12.2. The van der Waals surface area contributed by atoms with Gasteiger partial charge in [-0.2, -0.15) is 5.26 Å². The molecular formula is C21H18ClN3OS. The smallest absolute Gasteiger partial charge is 0.234 e. The van der Waals surface area contributed by atoms with Crippen LogP contribution in [0.25, 0.3) is 10.9 Å². The molecule has 1 heterocycles. The molecule has 0 aliphatic rings. The second-order valence-electron chi connectivity index (χ2n) is 6.38. The number of benzene rings is 2. The predicted octanol–water partition coefficient (Wildman–Crippen LogP) is 5.61. The van der Waals surface area contributed by atoms with Crippen LogP contribution in [0.4, 0.5) is 5.69 Å². The Balaban J connectivity index is 1.78. The Labute approximate surface area is 167 Å². The minimum atomic E-state index is -0.200. The first-order valence-corrected chi connectivity index (χ1v) is 9.86. The molecule has 6 heteroatoms. The summed E-state index contributed by atoms with van der Waals surface area (Å²) < 4.78 is 0. The number of carbonyl (C=O) groups is 1. The fourth-order valence-corrected chi connectivity index (χ4v) is 3.56. The predicted molar refractivity (Wildman–Crippen MR) is 111 cm³/mol. The van der Waals surface area contributed by atoms with E-state index in [1.807, 2.05) is 18.2 Å². The topological polar surface area (TPSA) is 65.8 Å². The van der Waals surface area contributed by atoms with Gasteiger partial charge in [0.05, 0.1) is 27.5 Å². The first-order chi connectivity index (χ1) is 13.0. The minimum Gasteiger partial charge on any atom is -0.324 e. The molecule has 27 heavy (non-hydrogen) atoms. The van der Waals surface area contributed by atoms with Crippen LogP contribution in [0.1, 0.15) is 30.9 Å². The molecule has 1 amide bonds. The normalized spacial score (nSPS) is 10.8. The first kappa shape index (κ1) is 19.2. The van der Waals surface area contributed by atoms with Gasteiger partial charge in [-0.1, -0.05) is 55.4 Å². The number of rotatable bonds is 5. The number of halogens is 1. The van der Waals surface area contributed by atoms with Crippen LogP contribution in [0, 0.1) is 11.3 Å². The van der Waals surface area contributed by atoms with Gasteiger partial charge < -0.3 is 5.32 Å². The zero-order valence-electron chi connectivity index (χ0n) is 15.0. The lowest BCUT2D eigenvalue weighted by atomic mass is 10.0. The summed E-state index contributed by atoms with van der Waals surface area (Å²) in [4.78, 5) is 16.8. The molecule has 0 saturated heterocycles. The van der Waals surface area contributed by atoms with Gasteiger partial charge in [0.1, 0.15) is 11.1 Å². The molecular weight excluding hydrogens is 378 g/mol. The fraction of sp³-hybridized carbons (Fsp3) is 0.190. The Morgan fingerprint density at radius 3 is 2.74 bits per heavy atom. The zero-order valence-corrected chi connectivity index (χ0v) is 16.6. The van der Waals surface area contributed by atoms with Gasteiger partial charge in [0.15, 0.2) is 0 Å². The van der Waals surface area contributed by atoms with E-state index < -0.39 is 0 Å². The highest BCUT2D eigenvalue weighted by molar-refractivity contribution is 8.00. The van der Waals surface area contributed by atoms with E-state index in [-0.39, 0.29) is 11.7 Å². The Morgan fingerprint density at radius 2 is 2.04 bits per heavy atom. The Kier molecular flexibility index (Phi) is 6.00. The number of nitrogens with one attached hydrogen (secondary N) is 1. The Hall–Kier alpha value is -2.55. The highest BCUT2D eigenvalue weighted by Crippen LogP contribution is 2.27. The lowest BCUT2D eigenvalue weighted by Crippen LogP contribution is -2.14. The van der Waals surface area contributed by atoms with Gasteiger partial charge in [0.2, 0.25) is 5.91 Å². The number of hydrogen-bond acceptors (Lipinski definition) is 4. The number of nitriles is 1. The van der Waals surface area contributed by atoms with E-state index in [4.69, 9.17) is 11.6 Å². The summed E-state index contributed by atoms with van der Waals surface area (Å²) in [6.45, 7) is 4.25. The summed E-state index contributed by atoms with van der Waals surface area (Å²) in [5.41, 5.74) is 3.05. The molecule has 1 N–H and O–H groups in total. The molecule has 136 valence electrons. The second-order valence-corrected chi connectivity index (χ2v) is 7.75. The average molecular weight is 396 g/mol. The van der Waals surface area contributed by atoms with Crippen molar-refractivity contribution < 1.29 is 4.79 Å². The summed E-state index contributed by atoms with van der Waals surface area (Å²) in [5.74, 6) is 0.346. The summed E-state index contributed by atoms with van der Waals surface area (Å²) in [6, 6.07) is 17.1. The quantitative estimate of drug-likeness (QED) is 0.570. The highest BCUT2D eigenvalue weighted by Gasteiger charge is 2.12. The molecule has 0 aliphatic carbocycles. The number of fused-ring (bicyclic) bond motifs is 1. The number of para-hydroxylation sites is 1. The van der Waals surface area contributed by atoms with Crippen molar-refractivity contribution in [1.82, 2.24) is 4.98 Å². The lowest BCUT2D eigenvalue weighted by molar-refractivity contribution is -0.113. The number of amides is 1. The molecule has 0 bridgehead atoms. The van der Waals surface area contributed by atoms with E-state index in [1.54, 1.807) is 24.3 Å². The number of anilines is 1. The third-order valence-electron chi connectivity index (χ3n) is 4.08. The van der Waals surface area contributed by atoms with Crippen molar-refractivity contribution in [3.63, 3.8) is 0 Å². The molecule has 0 unspecified atom stereocenters. The van der Waals surface area contributed by atoms with Crippen LogP contribution in [0.5, 0.6) is 0 Å². The van der Waals surface area contributed by atoms with E-state index in [1.165, 1.54) is 17.3 Å². The molecule has 0 aliphatic heterocycles. The minimum absolute atomic E-state index is 0.141. The molecule has 3 rings (SSSR count). The molecule has 0 saturated carbocycles. The summed E-state index contributed by atoms with van der Waals surface area (Å²) in [7, 11) is 0. The number of thioether (sulfide) groups is 1. The van der Waals surface area contributed by atoms with Crippen LogP contribution in [-0.4, -0.2) is 16.6 Å². The second kappa shape index (κ2) is 8.43. The summed E-state index contributed by atoms with van der Waals surface area (Å²) in [5, 5.41) is 14.2. The van der Waals surface area contributed by atoms with Crippen LogP contribution in [0.3, 0.4) is 0 Å². The fourth-order valence-electron chi connectivity index (χ4n) is 2.61. The third-order valence-corrected chi connectivity index (χ3v) is 5.40. The van der Waals surface area contributed by atoms with Crippen LogP contribution in [0.2, 0.25) is 5.02 Å². The molecule has 4 nitrogen and oxygen atoms in total. The number of aromatic nitrogens is 1. The third kappa shape index (κ3) is 4.60. The SMILES string of the molecule is CC(C)c1ccc2nc(SCC(=O)Nc3ccccc3Cl)c(C#N)cc2c1. The molecule has 0 spiro atoms. The Bertz CT molecular complexity index is 1040. The maximum atomic E-state index is 12.2. The lowest BCUT2D eigenvalue weighted by Gasteiger charge is -2.10. The van der Waals surface area contributed by atoms with Gasteiger partial charge in [-0.15, -0.1) is 0 Å². The largest absolute Gasteiger partial charge is 0.324 e. The van der Waals surface area contributed by atoms with Gasteiger partial charge in [0, 0.05) is 5.39 Å². The zero-order chi connectivity index (χ0) is 19.4. The molecule has 3 aromatic rings. The van der Waals surface area contributed by atoms with Crippen molar-refractivity contribution in [3.8, 4) is 6.07 Å². The number of pyridine rings is 1. The van der Waals surface area contributed by atoms with Crippen molar-refractivity contribution >= 4 is 45.9 Å². The monoisotopic (exact) mass is 395 g/mol. The standard InChI is InChI=1S/C21H18ClN3OS/c1-13(2)14-7-8-18-15(9-14)10-16(11-23)21(25-18)27-12-20(26)24-19-6-4-3-5-17(19)22/h3-10,13H,12H2,1-2H3,(H,24,26). The van der Waals surface area contributed by atoms with E-state index in [9.17, 15) is 10.1 Å². The van der Waals surface area contributed by atoms with Gasteiger partial charge in [-0.05, 0) is 41.8 Å².